The van der Waals surface area contributed by atoms with Crippen molar-refractivity contribution in [2.75, 3.05) is 0 Å². The first-order valence-corrected chi connectivity index (χ1v) is 8.16. The number of rotatable bonds is 6. The van der Waals surface area contributed by atoms with E-state index >= 15 is 0 Å². The summed E-state index contributed by atoms with van der Waals surface area (Å²) in [5, 5.41) is 5.44. The van der Waals surface area contributed by atoms with Crippen LogP contribution in [0.25, 0.3) is 6.08 Å². The monoisotopic (exact) mass is 346 g/mol. The molecule has 0 saturated carbocycles. The zero-order valence-electron chi connectivity index (χ0n) is 14.0. The maximum atomic E-state index is 12.6. The van der Waals surface area contributed by atoms with Crippen LogP contribution in [-0.4, -0.2) is 11.8 Å². The van der Waals surface area contributed by atoms with E-state index in [0.29, 0.717) is 11.3 Å². The summed E-state index contributed by atoms with van der Waals surface area (Å²) in [6.45, 7) is 0.235. The van der Waals surface area contributed by atoms with Crippen molar-refractivity contribution in [3.63, 3.8) is 0 Å². The second-order valence-electron chi connectivity index (χ2n) is 5.55. The maximum Gasteiger partial charge on any atom is 0.268 e. The standard InChI is InChI=1S/C21H18N2O3/c24-20(17-10-5-2-6-11-17)23-19(14-16-8-3-1-4-9-16)21(25)22-15-18-12-7-13-26-18/h1-14H,15H2,(H,22,25)(H,23,24)/b19-14-. The Hall–Kier alpha value is -3.60. The molecule has 1 heterocycles. The Labute approximate surface area is 151 Å². The molecule has 0 aliphatic heterocycles. The molecule has 5 nitrogen and oxygen atoms in total. The van der Waals surface area contributed by atoms with Crippen LogP contribution < -0.4 is 10.6 Å². The van der Waals surface area contributed by atoms with Gasteiger partial charge in [0, 0.05) is 5.56 Å². The zero-order chi connectivity index (χ0) is 18.2. The molecule has 2 amide bonds. The van der Waals surface area contributed by atoms with Gasteiger partial charge in [0.2, 0.25) is 0 Å². The molecule has 1 aromatic heterocycles. The Kier molecular flexibility index (Phi) is 5.62. The van der Waals surface area contributed by atoms with E-state index in [4.69, 9.17) is 4.42 Å². The number of carbonyl (C=O) groups is 2. The van der Waals surface area contributed by atoms with Crippen LogP contribution in [0.4, 0.5) is 0 Å². The highest BCUT2D eigenvalue weighted by atomic mass is 16.3. The lowest BCUT2D eigenvalue weighted by atomic mass is 10.1. The molecule has 0 atom stereocenters. The second-order valence-corrected chi connectivity index (χ2v) is 5.55. The highest BCUT2D eigenvalue weighted by Gasteiger charge is 2.14. The van der Waals surface area contributed by atoms with Crippen LogP contribution in [0.3, 0.4) is 0 Å². The van der Waals surface area contributed by atoms with Gasteiger partial charge >= 0.3 is 0 Å². The molecular formula is C21H18N2O3. The number of hydrogen-bond donors (Lipinski definition) is 2. The maximum absolute atomic E-state index is 12.6. The summed E-state index contributed by atoms with van der Waals surface area (Å²) >= 11 is 0. The van der Waals surface area contributed by atoms with Crippen LogP contribution in [0.5, 0.6) is 0 Å². The van der Waals surface area contributed by atoms with Crippen molar-refractivity contribution < 1.29 is 14.0 Å². The van der Waals surface area contributed by atoms with Gasteiger partial charge in [-0.25, -0.2) is 0 Å². The lowest BCUT2D eigenvalue weighted by molar-refractivity contribution is -0.118. The first kappa shape index (κ1) is 17.2. The summed E-state index contributed by atoms with van der Waals surface area (Å²) in [4.78, 5) is 25.0. The minimum Gasteiger partial charge on any atom is -0.467 e. The summed E-state index contributed by atoms with van der Waals surface area (Å²) in [5.41, 5.74) is 1.45. The lowest BCUT2D eigenvalue weighted by Crippen LogP contribution is -2.34. The van der Waals surface area contributed by atoms with Crippen molar-refractivity contribution in [2.24, 2.45) is 0 Å². The van der Waals surface area contributed by atoms with Gasteiger partial charge in [-0.1, -0.05) is 48.5 Å². The molecule has 0 radical (unpaired) electrons. The summed E-state index contributed by atoms with van der Waals surface area (Å²) in [7, 11) is 0. The van der Waals surface area contributed by atoms with Gasteiger partial charge in [-0.15, -0.1) is 0 Å². The third-order valence-corrected chi connectivity index (χ3v) is 3.64. The third kappa shape index (κ3) is 4.70. The van der Waals surface area contributed by atoms with Gasteiger partial charge in [-0.3, -0.25) is 9.59 Å². The molecule has 26 heavy (non-hydrogen) atoms. The Morgan fingerprint density at radius 2 is 1.58 bits per heavy atom. The smallest absolute Gasteiger partial charge is 0.268 e. The van der Waals surface area contributed by atoms with Gasteiger partial charge < -0.3 is 15.1 Å². The van der Waals surface area contributed by atoms with E-state index < -0.39 is 5.91 Å². The predicted molar refractivity (Wildman–Crippen MR) is 98.9 cm³/mol. The highest BCUT2D eigenvalue weighted by Crippen LogP contribution is 2.08. The van der Waals surface area contributed by atoms with Crippen molar-refractivity contribution >= 4 is 17.9 Å². The van der Waals surface area contributed by atoms with E-state index in [1.165, 1.54) is 0 Å². The molecule has 0 spiro atoms. The van der Waals surface area contributed by atoms with Crippen LogP contribution in [0.15, 0.2) is 89.2 Å². The molecular weight excluding hydrogens is 328 g/mol. The molecule has 3 aromatic rings. The van der Waals surface area contributed by atoms with Crippen molar-refractivity contribution in [2.45, 2.75) is 6.54 Å². The van der Waals surface area contributed by atoms with Gasteiger partial charge in [0.05, 0.1) is 12.8 Å². The fourth-order valence-corrected chi connectivity index (χ4v) is 2.33. The fraction of sp³-hybridized carbons (Fsp3) is 0.0476. The fourth-order valence-electron chi connectivity index (χ4n) is 2.33. The summed E-state index contributed by atoms with van der Waals surface area (Å²) < 4.78 is 5.21. The number of amides is 2. The molecule has 0 aliphatic rings. The average Bonchev–Trinajstić information content (AvgIpc) is 3.20. The quantitative estimate of drug-likeness (QED) is 0.672. The van der Waals surface area contributed by atoms with Crippen LogP contribution in [-0.2, 0) is 11.3 Å². The molecule has 0 bridgehead atoms. The molecule has 5 heteroatoms. The van der Waals surface area contributed by atoms with Gasteiger partial charge in [0.25, 0.3) is 11.8 Å². The van der Waals surface area contributed by atoms with E-state index in [2.05, 4.69) is 10.6 Å². The van der Waals surface area contributed by atoms with E-state index in [1.807, 2.05) is 36.4 Å². The summed E-state index contributed by atoms with van der Waals surface area (Å²) in [6.07, 6.45) is 3.18. The Morgan fingerprint density at radius 1 is 0.885 bits per heavy atom. The van der Waals surface area contributed by atoms with E-state index in [1.54, 1.807) is 48.7 Å². The zero-order valence-corrected chi connectivity index (χ0v) is 14.0. The van der Waals surface area contributed by atoms with Crippen molar-refractivity contribution in [3.05, 3.63) is 102 Å². The molecule has 2 N–H and O–H groups in total. The molecule has 0 fully saturated rings. The third-order valence-electron chi connectivity index (χ3n) is 3.64. The Morgan fingerprint density at radius 3 is 2.23 bits per heavy atom. The SMILES string of the molecule is O=C(NCc1ccco1)/C(=C/c1ccccc1)NC(=O)c1ccccc1. The molecule has 0 unspecified atom stereocenters. The lowest BCUT2D eigenvalue weighted by Gasteiger charge is -2.10. The molecule has 0 saturated heterocycles. The first-order chi connectivity index (χ1) is 12.7. The minimum atomic E-state index is -0.394. The van der Waals surface area contributed by atoms with Crippen molar-refractivity contribution in [1.82, 2.24) is 10.6 Å². The Bertz CT molecular complexity index is 886. The van der Waals surface area contributed by atoms with Crippen LogP contribution in [0.1, 0.15) is 21.7 Å². The minimum absolute atomic E-state index is 0.164. The number of hydrogen-bond acceptors (Lipinski definition) is 3. The van der Waals surface area contributed by atoms with Crippen LogP contribution in [0.2, 0.25) is 0 Å². The van der Waals surface area contributed by atoms with E-state index in [-0.39, 0.29) is 18.1 Å². The van der Waals surface area contributed by atoms with Crippen molar-refractivity contribution in [1.29, 1.82) is 0 Å². The van der Waals surface area contributed by atoms with Crippen LogP contribution in [0, 0.1) is 0 Å². The van der Waals surface area contributed by atoms with E-state index in [9.17, 15) is 9.59 Å². The van der Waals surface area contributed by atoms with Gasteiger partial charge in [0.1, 0.15) is 11.5 Å². The largest absolute Gasteiger partial charge is 0.467 e. The molecule has 130 valence electrons. The predicted octanol–water partition coefficient (Wildman–Crippen LogP) is 3.37. The van der Waals surface area contributed by atoms with Gasteiger partial charge in [-0.2, -0.15) is 0 Å². The highest BCUT2D eigenvalue weighted by molar-refractivity contribution is 6.05. The van der Waals surface area contributed by atoms with Crippen molar-refractivity contribution in [3.8, 4) is 0 Å². The number of furan rings is 1. The summed E-state index contributed by atoms with van der Waals surface area (Å²) in [6, 6.07) is 21.6. The van der Waals surface area contributed by atoms with E-state index in [0.717, 1.165) is 5.56 Å². The Balaban J connectivity index is 1.78. The number of carbonyl (C=O) groups excluding carboxylic acids is 2. The number of benzene rings is 2. The molecule has 2 aromatic carbocycles. The van der Waals surface area contributed by atoms with Gasteiger partial charge in [0.15, 0.2) is 0 Å². The first-order valence-electron chi connectivity index (χ1n) is 8.16. The molecule has 0 aliphatic carbocycles. The number of nitrogens with one attached hydrogen (secondary N) is 2. The summed E-state index contributed by atoms with van der Waals surface area (Å²) in [5.74, 6) is -0.109. The van der Waals surface area contributed by atoms with Gasteiger partial charge in [-0.05, 0) is 35.9 Å². The normalized spacial score (nSPS) is 11.0. The van der Waals surface area contributed by atoms with Crippen LogP contribution >= 0.6 is 0 Å². The molecule has 3 rings (SSSR count). The average molecular weight is 346 g/mol. The topological polar surface area (TPSA) is 71.3 Å². The second kappa shape index (κ2) is 8.48.